The highest BCUT2D eigenvalue weighted by Gasteiger charge is 2.20. The van der Waals surface area contributed by atoms with Crippen molar-refractivity contribution in [3.8, 4) is 5.75 Å². The average Bonchev–Trinajstić information content (AvgIpc) is 2.55. The first-order chi connectivity index (χ1) is 12.2. The Kier molecular flexibility index (Phi) is 4.39. The van der Waals surface area contributed by atoms with E-state index in [1.165, 1.54) is 18.2 Å². The zero-order chi connectivity index (χ0) is 19.1. The molecule has 0 aromatic heterocycles. The molecule has 4 N–H and O–H groups in total. The second-order valence-electron chi connectivity index (χ2n) is 5.98. The van der Waals surface area contributed by atoms with Crippen LogP contribution in [0, 0.1) is 13.8 Å². The smallest absolute Gasteiger partial charge is 0.295 e. The third-order valence-electron chi connectivity index (χ3n) is 4.01. The summed E-state index contributed by atoms with van der Waals surface area (Å²) < 4.78 is 32.6. The van der Waals surface area contributed by atoms with Crippen molar-refractivity contribution in [1.82, 2.24) is 0 Å². The third kappa shape index (κ3) is 3.24. The van der Waals surface area contributed by atoms with Crippen molar-refractivity contribution in [1.29, 1.82) is 0 Å². The molecule has 26 heavy (non-hydrogen) atoms. The van der Waals surface area contributed by atoms with Crippen LogP contribution >= 0.6 is 0 Å². The fourth-order valence-corrected chi connectivity index (χ4v) is 3.36. The van der Waals surface area contributed by atoms with E-state index in [4.69, 9.17) is 5.73 Å². The van der Waals surface area contributed by atoms with Crippen LogP contribution in [0.25, 0.3) is 10.8 Å². The van der Waals surface area contributed by atoms with E-state index < -0.39 is 10.1 Å². The lowest BCUT2D eigenvalue weighted by atomic mass is 10.0. The van der Waals surface area contributed by atoms with E-state index in [1.807, 2.05) is 19.1 Å². The largest absolute Gasteiger partial charge is 0.505 e. The van der Waals surface area contributed by atoms with E-state index in [-0.39, 0.29) is 32.8 Å². The van der Waals surface area contributed by atoms with Crippen LogP contribution in [0.15, 0.2) is 57.6 Å². The molecular formula is C18H17N3O4S. The highest BCUT2D eigenvalue weighted by molar-refractivity contribution is 7.86. The maximum absolute atomic E-state index is 11.6. The molecule has 3 aromatic carbocycles. The number of phenols is 1. The minimum Gasteiger partial charge on any atom is -0.505 e. The van der Waals surface area contributed by atoms with E-state index in [0.29, 0.717) is 11.3 Å². The van der Waals surface area contributed by atoms with Gasteiger partial charge in [-0.15, -0.1) is 5.11 Å². The molecule has 7 nitrogen and oxygen atoms in total. The number of azo groups is 1. The highest BCUT2D eigenvalue weighted by Crippen LogP contribution is 2.43. The number of hydrogen-bond acceptors (Lipinski definition) is 6. The minimum atomic E-state index is -4.47. The van der Waals surface area contributed by atoms with Gasteiger partial charge in [0.05, 0.1) is 11.1 Å². The summed E-state index contributed by atoms with van der Waals surface area (Å²) in [4.78, 5) is -0.331. The maximum Gasteiger partial charge on any atom is 0.295 e. The van der Waals surface area contributed by atoms with Crippen molar-refractivity contribution in [2.75, 3.05) is 5.73 Å². The van der Waals surface area contributed by atoms with Gasteiger partial charge in [-0.3, -0.25) is 4.55 Å². The summed E-state index contributed by atoms with van der Waals surface area (Å²) in [5.74, 6) is -0.293. The molecule has 0 spiro atoms. The summed E-state index contributed by atoms with van der Waals surface area (Å²) >= 11 is 0. The molecule has 0 unspecified atom stereocenters. The highest BCUT2D eigenvalue weighted by atomic mass is 32.2. The second kappa shape index (κ2) is 6.40. The van der Waals surface area contributed by atoms with Gasteiger partial charge in [0.2, 0.25) is 0 Å². The molecule has 0 fully saturated rings. The lowest BCUT2D eigenvalue weighted by Crippen LogP contribution is -2.01. The molecule has 134 valence electrons. The number of hydrogen-bond donors (Lipinski definition) is 3. The minimum absolute atomic E-state index is 0.101. The number of anilines is 1. The van der Waals surface area contributed by atoms with E-state index in [0.717, 1.165) is 5.56 Å². The average molecular weight is 371 g/mol. The van der Waals surface area contributed by atoms with Crippen molar-refractivity contribution in [3.05, 3.63) is 53.6 Å². The first kappa shape index (κ1) is 17.8. The Morgan fingerprint density at radius 2 is 1.65 bits per heavy atom. The summed E-state index contributed by atoms with van der Waals surface area (Å²) in [6.07, 6.45) is 0. The quantitative estimate of drug-likeness (QED) is 0.357. The number of fused-ring (bicyclic) bond motifs is 1. The number of benzene rings is 3. The first-order valence-corrected chi connectivity index (χ1v) is 9.13. The number of nitrogens with two attached hydrogens (primary N) is 1. The zero-order valence-electron chi connectivity index (χ0n) is 14.1. The molecule has 0 atom stereocenters. The number of rotatable bonds is 3. The van der Waals surface area contributed by atoms with Crippen LogP contribution < -0.4 is 5.73 Å². The first-order valence-electron chi connectivity index (χ1n) is 7.69. The van der Waals surface area contributed by atoms with Crippen LogP contribution in [0.3, 0.4) is 0 Å². The van der Waals surface area contributed by atoms with Crippen LogP contribution in [0.5, 0.6) is 5.75 Å². The van der Waals surface area contributed by atoms with Gasteiger partial charge in [0.15, 0.2) is 5.75 Å². The fraction of sp³-hybridized carbons (Fsp3) is 0.111. The molecule has 0 aliphatic carbocycles. The molecular weight excluding hydrogens is 354 g/mol. The SMILES string of the molecule is Cc1ccc(N=Nc2c(C)cc3c(S(=O)(=O)O)ccc(N)c3c2O)cc1. The lowest BCUT2D eigenvalue weighted by molar-refractivity contribution is 0.482. The van der Waals surface area contributed by atoms with Crippen molar-refractivity contribution in [2.45, 2.75) is 18.7 Å². The summed E-state index contributed by atoms with van der Waals surface area (Å²) in [5, 5.41) is 19.0. The van der Waals surface area contributed by atoms with Gasteiger partial charge in [0.1, 0.15) is 10.6 Å². The Labute approximate surface area is 150 Å². The van der Waals surface area contributed by atoms with E-state index in [1.54, 1.807) is 19.1 Å². The van der Waals surface area contributed by atoms with Crippen molar-refractivity contribution in [3.63, 3.8) is 0 Å². The van der Waals surface area contributed by atoms with E-state index in [9.17, 15) is 18.1 Å². The fourth-order valence-electron chi connectivity index (χ4n) is 2.69. The van der Waals surface area contributed by atoms with Gasteiger partial charge in [-0.1, -0.05) is 17.7 Å². The predicted molar refractivity (Wildman–Crippen MR) is 99.9 cm³/mol. The Balaban J connectivity index is 2.22. The Bertz CT molecular complexity index is 1140. The van der Waals surface area contributed by atoms with Crippen LogP contribution in [-0.2, 0) is 10.1 Å². The predicted octanol–water partition coefficient (Wildman–Crippen LogP) is 4.41. The van der Waals surface area contributed by atoms with Gasteiger partial charge < -0.3 is 10.8 Å². The maximum atomic E-state index is 11.6. The molecule has 0 bridgehead atoms. The molecule has 0 radical (unpaired) electrons. The number of aromatic hydroxyl groups is 1. The van der Waals surface area contributed by atoms with E-state index in [2.05, 4.69) is 10.2 Å². The van der Waals surface area contributed by atoms with Crippen LogP contribution in [-0.4, -0.2) is 18.1 Å². The van der Waals surface area contributed by atoms with Gasteiger partial charge in [0.25, 0.3) is 10.1 Å². The van der Waals surface area contributed by atoms with Crippen LogP contribution in [0.4, 0.5) is 17.1 Å². The van der Waals surface area contributed by atoms with Gasteiger partial charge in [0, 0.05) is 11.1 Å². The lowest BCUT2D eigenvalue weighted by Gasteiger charge is -2.12. The zero-order valence-corrected chi connectivity index (χ0v) is 14.9. The number of aryl methyl sites for hydroxylation is 2. The number of nitrogen functional groups attached to an aromatic ring is 1. The van der Waals surface area contributed by atoms with Crippen LogP contribution in [0.1, 0.15) is 11.1 Å². The molecule has 0 aliphatic heterocycles. The Morgan fingerprint density at radius 3 is 2.27 bits per heavy atom. The molecule has 0 heterocycles. The molecule has 3 aromatic rings. The topological polar surface area (TPSA) is 125 Å². The molecule has 0 aliphatic rings. The van der Waals surface area contributed by atoms with Gasteiger partial charge >= 0.3 is 0 Å². The van der Waals surface area contributed by atoms with Gasteiger partial charge in [-0.25, -0.2) is 0 Å². The molecule has 0 saturated carbocycles. The van der Waals surface area contributed by atoms with E-state index >= 15 is 0 Å². The van der Waals surface area contributed by atoms with Gasteiger partial charge in [-0.05, 0) is 49.7 Å². The summed E-state index contributed by atoms with van der Waals surface area (Å²) in [6, 6.07) is 11.3. The number of nitrogens with zero attached hydrogens (tertiary/aromatic N) is 2. The molecule has 0 amide bonds. The summed E-state index contributed by atoms with van der Waals surface area (Å²) in [6.45, 7) is 3.61. The monoisotopic (exact) mass is 371 g/mol. The summed E-state index contributed by atoms with van der Waals surface area (Å²) in [7, 11) is -4.47. The molecule has 0 saturated heterocycles. The normalized spacial score (nSPS) is 12.1. The second-order valence-corrected chi connectivity index (χ2v) is 7.37. The van der Waals surface area contributed by atoms with Crippen molar-refractivity contribution >= 4 is 38.0 Å². The Hall–Kier alpha value is -2.97. The standard InChI is InChI=1S/C18H17N3O4S/c1-10-3-5-12(6-4-10)20-21-17-11(2)9-13-15(26(23,24)25)8-7-14(19)16(13)18(17)22/h3-9,22H,19H2,1-2H3,(H,23,24,25). The Morgan fingerprint density at radius 1 is 1.00 bits per heavy atom. The van der Waals surface area contributed by atoms with Crippen molar-refractivity contribution < 1.29 is 18.1 Å². The summed E-state index contributed by atoms with van der Waals surface area (Å²) in [5.41, 5.74) is 8.42. The molecule has 3 rings (SSSR count). The number of phenolic OH excluding ortho intramolecular Hbond substituents is 1. The third-order valence-corrected chi connectivity index (χ3v) is 4.92. The van der Waals surface area contributed by atoms with Crippen molar-refractivity contribution in [2.24, 2.45) is 10.2 Å². The molecule has 8 heteroatoms. The van der Waals surface area contributed by atoms with Crippen LogP contribution in [0.2, 0.25) is 0 Å². The van der Waals surface area contributed by atoms with Gasteiger partial charge in [-0.2, -0.15) is 13.5 Å².